The van der Waals surface area contributed by atoms with Gasteiger partial charge in [-0.1, -0.05) is 13.0 Å². The molecule has 1 aliphatic carbocycles. The highest BCUT2D eigenvalue weighted by Gasteiger charge is 2.19. The van der Waals surface area contributed by atoms with Gasteiger partial charge in [0, 0.05) is 0 Å². The van der Waals surface area contributed by atoms with Crippen LogP contribution < -0.4 is 0 Å². The average Bonchev–Trinajstić information content (AvgIpc) is 2.39. The van der Waals surface area contributed by atoms with Crippen LogP contribution in [-0.2, 0) is 11.3 Å². The van der Waals surface area contributed by atoms with Gasteiger partial charge in [-0.25, -0.2) is 9.18 Å². The summed E-state index contributed by atoms with van der Waals surface area (Å²) < 4.78 is 18.8. The van der Waals surface area contributed by atoms with Crippen LogP contribution in [0.3, 0.4) is 0 Å². The highest BCUT2D eigenvalue weighted by atomic mass is 19.1. The quantitative estimate of drug-likeness (QED) is 0.905. The highest BCUT2D eigenvalue weighted by Crippen LogP contribution is 2.26. The maximum Gasteiger partial charge on any atom is 0.336 e. The summed E-state index contributed by atoms with van der Waals surface area (Å²) in [6, 6.07) is 3.81. The molecule has 0 aromatic heterocycles. The van der Waals surface area contributed by atoms with Crippen molar-refractivity contribution in [1.82, 2.24) is 0 Å². The van der Waals surface area contributed by atoms with Crippen molar-refractivity contribution in [2.24, 2.45) is 5.92 Å². The first-order chi connectivity index (χ1) is 9.06. The number of ether oxygens (including phenoxy) is 1. The van der Waals surface area contributed by atoms with Gasteiger partial charge in [0.2, 0.25) is 0 Å². The summed E-state index contributed by atoms with van der Waals surface area (Å²) in [5.74, 6) is -0.900. The molecule has 0 unspecified atom stereocenters. The molecular weight excluding hydrogens is 247 g/mol. The van der Waals surface area contributed by atoms with Crippen LogP contribution in [0.1, 0.15) is 48.5 Å². The topological polar surface area (TPSA) is 46.5 Å². The number of hydrogen-bond donors (Lipinski definition) is 1. The largest absolute Gasteiger partial charge is 0.478 e. The maximum absolute atomic E-state index is 13.0. The van der Waals surface area contributed by atoms with E-state index in [9.17, 15) is 9.18 Å². The first kappa shape index (κ1) is 14.0. The average molecular weight is 266 g/mol. The van der Waals surface area contributed by atoms with Crippen LogP contribution in [0, 0.1) is 11.7 Å². The summed E-state index contributed by atoms with van der Waals surface area (Å²) in [4.78, 5) is 11.0. The Morgan fingerprint density at radius 2 is 2.05 bits per heavy atom. The van der Waals surface area contributed by atoms with Crippen molar-refractivity contribution < 1.29 is 19.0 Å². The van der Waals surface area contributed by atoms with E-state index in [1.807, 2.05) is 0 Å². The molecule has 0 bridgehead atoms. The number of halogens is 1. The fourth-order valence-corrected chi connectivity index (χ4v) is 2.48. The molecule has 0 radical (unpaired) electrons. The minimum atomic E-state index is -1.12. The van der Waals surface area contributed by atoms with Crippen LogP contribution in [-0.4, -0.2) is 17.2 Å². The van der Waals surface area contributed by atoms with Crippen molar-refractivity contribution in [2.75, 3.05) is 0 Å². The zero-order chi connectivity index (χ0) is 13.8. The third-order valence-electron chi connectivity index (χ3n) is 3.74. The van der Waals surface area contributed by atoms with Gasteiger partial charge in [0.15, 0.2) is 0 Å². The van der Waals surface area contributed by atoms with Crippen LogP contribution in [0.5, 0.6) is 0 Å². The fourth-order valence-electron chi connectivity index (χ4n) is 2.48. The predicted molar refractivity (Wildman–Crippen MR) is 69.6 cm³/mol. The Balaban J connectivity index is 1.97. The third kappa shape index (κ3) is 3.77. The Bertz CT molecular complexity index is 451. The van der Waals surface area contributed by atoms with Gasteiger partial charge < -0.3 is 9.84 Å². The van der Waals surface area contributed by atoms with Crippen molar-refractivity contribution in [3.8, 4) is 0 Å². The molecule has 4 heteroatoms. The normalized spacial score (nSPS) is 23.3. The molecule has 0 heterocycles. The lowest BCUT2D eigenvalue weighted by Crippen LogP contribution is -2.20. The highest BCUT2D eigenvalue weighted by molar-refractivity contribution is 5.89. The Morgan fingerprint density at radius 3 is 2.68 bits per heavy atom. The minimum Gasteiger partial charge on any atom is -0.478 e. The Labute approximate surface area is 112 Å². The first-order valence-electron chi connectivity index (χ1n) is 6.69. The first-order valence-corrected chi connectivity index (χ1v) is 6.69. The molecule has 1 fully saturated rings. The molecule has 0 saturated heterocycles. The summed E-state index contributed by atoms with van der Waals surface area (Å²) in [6.07, 6.45) is 4.54. The van der Waals surface area contributed by atoms with Crippen LogP contribution in [0.15, 0.2) is 18.2 Å². The lowest BCUT2D eigenvalue weighted by Gasteiger charge is -2.26. The molecule has 104 valence electrons. The van der Waals surface area contributed by atoms with Crippen molar-refractivity contribution in [3.05, 3.63) is 35.1 Å². The zero-order valence-electron chi connectivity index (χ0n) is 11.1. The summed E-state index contributed by atoms with van der Waals surface area (Å²) >= 11 is 0. The maximum atomic E-state index is 13.0. The van der Waals surface area contributed by atoms with Crippen LogP contribution >= 0.6 is 0 Å². The number of aromatic carboxylic acids is 1. The molecule has 1 N–H and O–H groups in total. The third-order valence-corrected chi connectivity index (χ3v) is 3.74. The van der Waals surface area contributed by atoms with E-state index >= 15 is 0 Å². The molecule has 1 aromatic rings. The molecule has 0 atom stereocenters. The fraction of sp³-hybridized carbons (Fsp3) is 0.533. The standard InChI is InChI=1S/C15H19FO3/c1-10-2-6-13(7-3-10)19-9-11-4-5-12(16)8-14(11)15(17)18/h4-5,8,10,13H,2-3,6-7,9H2,1H3,(H,17,18). The van der Waals surface area contributed by atoms with Gasteiger partial charge in [-0.15, -0.1) is 0 Å². The Hall–Kier alpha value is -1.42. The number of carbonyl (C=O) groups is 1. The van der Waals surface area contributed by atoms with Crippen LogP contribution in [0.25, 0.3) is 0 Å². The number of carboxylic acid groups (broad SMARTS) is 1. The molecule has 0 spiro atoms. The molecule has 1 aliphatic rings. The van der Waals surface area contributed by atoms with Crippen LogP contribution in [0.4, 0.5) is 4.39 Å². The van der Waals surface area contributed by atoms with Crippen molar-refractivity contribution in [1.29, 1.82) is 0 Å². The second kappa shape index (κ2) is 6.15. The van der Waals surface area contributed by atoms with Crippen molar-refractivity contribution in [3.63, 3.8) is 0 Å². The lowest BCUT2D eigenvalue weighted by molar-refractivity contribution is 0.00819. The van der Waals surface area contributed by atoms with E-state index in [4.69, 9.17) is 9.84 Å². The number of carboxylic acids is 1. The monoisotopic (exact) mass is 266 g/mol. The van der Waals surface area contributed by atoms with E-state index in [0.717, 1.165) is 37.7 Å². The SMILES string of the molecule is CC1CCC(OCc2ccc(F)cc2C(=O)O)CC1. The Kier molecular flexibility index (Phi) is 4.53. The zero-order valence-corrected chi connectivity index (χ0v) is 11.1. The smallest absolute Gasteiger partial charge is 0.336 e. The van der Waals surface area contributed by atoms with E-state index in [1.165, 1.54) is 12.1 Å². The van der Waals surface area contributed by atoms with Gasteiger partial charge in [0.25, 0.3) is 0 Å². The molecule has 1 aromatic carbocycles. The van der Waals surface area contributed by atoms with Gasteiger partial charge in [0.1, 0.15) is 5.82 Å². The van der Waals surface area contributed by atoms with E-state index in [0.29, 0.717) is 5.56 Å². The summed E-state index contributed by atoms with van der Waals surface area (Å²) in [5, 5.41) is 9.04. The van der Waals surface area contributed by atoms with Gasteiger partial charge in [-0.3, -0.25) is 0 Å². The summed E-state index contributed by atoms with van der Waals surface area (Å²) in [7, 11) is 0. The van der Waals surface area contributed by atoms with Gasteiger partial charge in [-0.05, 0) is 49.3 Å². The van der Waals surface area contributed by atoms with Crippen molar-refractivity contribution in [2.45, 2.75) is 45.3 Å². The lowest BCUT2D eigenvalue weighted by atomic mass is 9.89. The Morgan fingerprint density at radius 1 is 1.37 bits per heavy atom. The molecule has 1 saturated carbocycles. The second-order valence-electron chi connectivity index (χ2n) is 5.30. The van der Waals surface area contributed by atoms with Crippen molar-refractivity contribution >= 4 is 5.97 Å². The minimum absolute atomic E-state index is 0.0100. The molecule has 0 aliphatic heterocycles. The summed E-state index contributed by atoms with van der Waals surface area (Å²) in [6.45, 7) is 2.47. The summed E-state index contributed by atoms with van der Waals surface area (Å²) in [5.41, 5.74) is 0.525. The molecule has 0 amide bonds. The molecule has 19 heavy (non-hydrogen) atoms. The number of benzene rings is 1. The molecule has 3 nitrogen and oxygen atoms in total. The second-order valence-corrected chi connectivity index (χ2v) is 5.30. The van der Waals surface area contributed by atoms with Gasteiger partial charge in [0.05, 0.1) is 18.3 Å². The molecular formula is C15H19FO3. The van der Waals surface area contributed by atoms with Gasteiger partial charge >= 0.3 is 5.97 Å². The van der Waals surface area contributed by atoms with E-state index < -0.39 is 11.8 Å². The number of hydrogen-bond acceptors (Lipinski definition) is 2. The van der Waals surface area contributed by atoms with Gasteiger partial charge in [-0.2, -0.15) is 0 Å². The predicted octanol–water partition coefficient (Wildman–Crippen LogP) is 3.62. The number of rotatable bonds is 4. The van der Waals surface area contributed by atoms with Crippen LogP contribution in [0.2, 0.25) is 0 Å². The van der Waals surface area contributed by atoms with E-state index in [-0.39, 0.29) is 18.3 Å². The van der Waals surface area contributed by atoms with E-state index in [1.54, 1.807) is 0 Å². The van der Waals surface area contributed by atoms with E-state index in [2.05, 4.69) is 6.92 Å². The molecule has 2 rings (SSSR count).